The van der Waals surface area contributed by atoms with Gasteiger partial charge in [0.1, 0.15) is 11.4 Å². The minimum atomic E-state index is -4.60. The largest absolute Gasteiger partial charge is 0.453 e. The molecule has 0 amide bonds. The third-order valence-corrected chi connectivity index (χ3v) is 2.07. The fourth-order valence-electron chi connectivity index (χ4n) is 1.24. The van der Waals surface area contributed by atoms with Crippen LogP contribution in [0.1, 0.15) is 0 Å². The summed E-state index contributed by atoms with van der Waals surface area (Å²) < 4.78 is 81.0. The Bertz CT molecular complexity index is 635. The summed E-state index contributed by atoms with van der Waals surface area (Å²) in [6, 6.07) is -1.39. The molecule has 0 fully saturated rings. The van der Waals surface area contributed by atoms with Crippen LogP contribution in [0.15, 0.2) is 12.4 Å². The van der Waals surface area contributed by atoms with Crippen molar-refractivity contribution < 1.29 is 35.8 Å². The third-order valence-electron chi connectivity index (χ3n) is 2.07. The highest BCUT2D eigenvalue weighted by molar-refractivity contribution is 5.51. The number of rotatable bonds is 5. The molecule has 0 unspecified atom stereocenters. The molecular weight excluding hydrogens is 350 g/mol. The number of hydrogen-bond acceptors (Lipinski definition) is 8. The number of halogens is 6. The highest BCUT2D eigenvalue weighted by Crippen LogP contribution is 2.20. The van der Waals surface area contributed by atoms with Crippen LogP contribution in [-0.4, -0.2) is 55.9 Å². The molecule has 0 atom stereocenters. The van der Waals surface area contributed by atoms with Crippen LogP contribution < -0.4 is 9.47 Å². The summed E-state index contributed by atoms with van der Waals surface area (Å²) in [6.45, 7) is -3.28. The summed E-state index contributed by atoms with van der Waals surface area (Å²) in [4.78, 5) is 7.18. The van der Waals surface area contributed by atoms with E-state index in [4.69, 9.17) is 0 Å². The molecule has 0 N–H and O–H groups in total. The van der Waals surface area contributed by atoms with Gasteiger partial charge < -0.3 is 9.47 Å². The lowest BCUT2D eigenvalue weighted by Gasteiger charge is -2.08. The van der Waals surface area contributed by atoms with Crippen LogP contribution in [0, 0.1) is 0 Å². The van der Waals surface area contributed by atoms with Crippen molar-refractivity contribution in [2.24, 2.45) is 0 Å². The summed E-state index contributed by atoms with van der Waals surface area (Å²) in [6.07, 6.45) is -7.21. The maximum atomic E-state index is 12.1. The van der Waals surface area contributed by atoms with Gasteiger partial charge in [-0.3, -0.25) is 0 Å². The first-order chi connectivity index (χ1) is 11.1. The molecule has 0 aliphatic rings. The second kappa shape index (κ2) is 6.76. The average molecular weight is 356 g/mol. The maximum Gasteiger partial charge on any atom is 0.422 e. The van der Waals surface area contributed by atoms with E-state index in [-0.39, 0.29) is 11.4 Å². The van der Waals surface area contributed by atoms with Crippen molar-refractivity contribution in [3.05, 3.63) is 12.4 Å². The molecule has 2 aromatic heterocycles. The minimum absolute atomic E-state index is 0.145. The van der Waals surface area contributed by atoms with Crippen LogP contribution in [0.4, 0.5) is 26.3 Å². The van der Waals surface area contributed by atoms with Crippen LogP contribution in [0.25, 0.3) is 11.4 Å². The van der Waals surface area contributed by atoms with E-state index < -0.39 is 37.6 Å². The Hall–Kier alpha value is -2.80. The zero-order valence-electron chi connectivity index (χ0n) is 11.3. The number of hydrogen-bond donors (Lipinski definition) is 0. The molecule has 14 heteroatoms. The summed E-state index contributed by atoms with van der Waals surface area (Å²) in [7, 11) is 0. The van der Waals surface area contributed by atoms with Gasteiger partial charge in [-0.1, -0.05) is 10.2 Å². The molecule has 0 aliphatic heterocycles. The summed E-state index contributed by atoms with van der Waals surface area (Å²) in [5.41, 5.74) is -0.289. The standard InChI is InChI=1S/C10H6F6N6O2/c11-9(12,13)3-23-7-19-5(1-17-21-7)6-2-18-22-8(20-6)24-4-10(14,15)16/h1-2H,3-4H2. The SMILES string of the molecule is FC(F)(F)COc1nncc(-c2cnnc(OCC(F)(F)F)n2)n1. The lowest BCUT2D eigenvalue weighted by Crippen LogP contribution is -2.20. The van der Waals surface area contributed by atoms with Gasteiger partial charge in [0.25, 0.3) is 0 Å². The molecule has 24 heavy (non-hydrogen) atoms. The lowest BCUT2D eigenvalue weighted by atomic mass is 10.3. The minimum Gasteiger partial charge on any atom is -0.453 e. The Balaban J connectivity index is 2.13. The zero-order valence-corrected chi connectivity index (χ0v) is 11.3. The highest BCUT2D eigenvalue weighted by atomic mass is 19.4. The zero-order chi connectivity index (χ0) is 17.8. The van der Waals surface area contributed by atoms with Crippen LogP contribution in [0.2, 0.25) is 0 Å². The van der Waals surface area contributed by atoms with Gasteiger partial charge in [0, 0.05) is 0 Å². The first-order valence-electron chi connectivity index (χ1n) is 5.91. The van der Waals surface area contributed by atoms with Crippen molar-refractivity contribution >= 4 is 0 Å². The first-order valence-corrected chi connectivity index (χ1v) is 5.91. The maximum absolute atomic E-state index is 12.1. The van der Waals surface area contributed by atoms with E-state index in [1.54, 1.807) is 0 Å². The molecule has 0 saturated heterocycles. The van der Waals surface area contributed by atoms with Crippen LogP contribution >= 0.6 is 0 Å². The van der Waals surface area contributed by atoms with Crippen molar-refractivity contribution in [3.63, 3.8) is 0 Å². The van der Waals surface area contributed by atoms with E-state index in [1.165, 1.54) is 0 Å². The second-order valence-electron chi connectivity index (χ2n) is 4.06. The van der Waals surface area contributed by atoms with Gasteiger partial charge in [-0.2, -0.15) is 46.5 Å². The molecule has 0 radical (unpaired) electrons. The molecule has 0 saturated carbocycles. The quantitative estimate of drug-likeness (QED) is 0.746. The molecule has 8 nitrogen and oxygen atoms in total. The molecule has 0 spiro atoms. The number of ether oxygens (including phenoxy) is 2. The summed E-state index contributed by atoms with van der Waals surface area (Å²) in [5, 5.41) is 13.2. The molecule has 0 aromatic carbocycles. The van der Waals surface area contributed by atoms with Gasteiger partial charge >= 0.3 is 24.4 Å². The predicted octanol–water partition coefficient (Wildman–Crippen LogP) is 1.61. The van der Waals surface area contributed by atoms with Crippen LogP contribution in [-0.2, 0) is 0 Å². The Morgan fingerprint density at radius 2 is 1.08 bits per heavy atom. The van der Waals surface area contributed by atoms with Crippen molar-refractivity contribution in [2.75, 3.05) is 13.2 Å². The number of alkyl halides is 6. The Morgan fingerprint density at radius 1 is 0.708 bits per heavy atom. The fourth-order valence-corrected chi connectivity index (χ4v) is 1.24. The Kier molecular flexibility index (Phi) is 4.94. The first kappa shape index (κ1) is 17.6. The molecule has 2 aromatic rings. The van der Waals surface area contributed by atoms with Gasteiger partial charge in [-0.05, 0) is 0 Å². The van der Waals surface area contributed by atoms with Gasteiger partial charge in [0.15, 0.2) is 13.2 Å². The van der Waals surface area contributed by atoms with E-state index in [0.717, 1.165) is 12.4 Å². The van der Waals surface area contributed by atoms with Gasteiger partial charge in [0.05, 0.1) is 12.4 Å². The molecule has 0 bridgehead atoms. The topological polar surface area (TPSA) is 95.8 Å². The van der Waals surface area contributed by atoms with Gasteiger partial charge in [0.2, 0.25) is 0 Å². The van der Waals surface area contributed by atoms with Crippen molar-refractivity contribution in [2.45, 2.75) is 12.4 Å². The monoisotopic (exact) mass is 356 g/mol. The normalized spacial score (nSPS) is 12.1. The van der Waals surface area contributed by atoms with E-state index in [1.807, 2.05) is 0 Å². The van der Waals surface area contributed by atoms with Gasteiger partial charge in [-0.15, -0.1) is 0 Å². The molecule has 0 aliphatic carbocycles. The van der Waals surface area contributed by atoms with E-state index in [9.17, 15) is 26.3 Å². The molecule has 2 rings (SSSR count). The molecule has 130 valence electrons. The number of nitrogens with zero attached hydrogens (tertiary/aromatic N) is 6. The Morgan fingerprint density at radius 3 is 1.42 bits per heavy atom. The molecular formula is C10H6F6N6O2. The van der Waals surface area contributed by atoms with E-state index in [2.05, 4.69) is 39.8 Å². The highest BCUT2D eigenvalue weighted by Gasteiger charge is 2.30. The summed E-state index contributed by atoms with van der Waals surface area (Å²) >= 11 is 0. The Labute approximate surface area is 128 Å². The third kappa shape index (κ3) is 5.77. The van der Waals surface area contributed by atoms with Crippen molar-refractivity contribution in [1.82, 2.24) is 30.4 Å². The smallest absolute Gasteiger partial charge is 0.422 e. The lowest BCUT2D eigenvalue weighted by molar-refractivity contribution is -0.155. The van der Waals surface area contributed by atoms with E-state index in [0.29, 0.717) is 0 Å². The predicted molar refractivity (Wildman–Crippen MR) is 61.7 cm³/mol. The molecule has 2 heterocycles. The van der Waals surface area contributed by atoms with Crippen molar-refractivity contribution in [1.29, 1.82) is 0 Å². The fraction of sp³-hybridized carbons (Fsp3) is 0.400. The average Bonchev–Trinajstić information content (AvgIpc) is 2.50. The number of aromatic nitrogens is 6. The summed E-state index contributed by atoms with van der Waals surface area (Å²) in [5.74, 6) is 0. The van der Waals surface area contributed by atoms with Crippen LogP contribution in [0.5, 0.6) is 12.0 Å². The van der Waals surface area contributed by atoms with Gasteiger partial charge in [-0.25, -0.2) is 0 Å². The second-order valence-corrected chi connectivity index (χ2v) is 4.06. The van der Waals surface area contributed by atoms with E-state index >= 15 is 0 Å². The van der Waals surface area contributed by atoms with Crippen LogP contribution in [0.3, 0.4) is 0 Å². The van der Waals surface area contributed by atoms with Crippen molar-refractivity contribution in [3.8, 4) is 23.4 Å².